The third kappa shape index (κ3) is 2.12. The molecule has 0 fully saturated rings. The Bertz CT molecular complexity index is 533. The lowest BCUT2D eigenvalue weighted by atomic mass is 10.2. The maximum Gasteiger partial charge on any atom is 0.358 e. The van der Waals surface area contributed by atoms with Gasteiger partial charge in [0.1, 0.15) is 5.82 Å². The van der Waals surface area contributed by atoms with Crippen molar-refractivity contribution < 1.29 is 19.1 Å². The van der Waals surface area contributed by atoms with Gasteiger partial charge < -0.3 is 10.1 Å². The fourth-order valence-electron chi connectivity index (χ4n) is 1.51. The number of hydrogen-bond donors (Lipinski definition) is 2. The van der Waals surface area contributed by atoms with E-state index in [0.29, 0.717) is 10.8 Å². The van der Waals surface area contributed by atoms with Crippen molar-refractivity contribution in [3.05, 3.63) is 34.9 Å². The number of fused-ring (bicyclic) bond motifs is 1. The highest BCUT2D eigenvalue weighted by atomic mass is 35.5. The molecule has 0 bridgehead atoms. The Morgan fingerprint density at radius 3 is 3.00 bits per heavy atom. The molecule has 2 rings (SSSR count). The molecular weight excluding hydrogens is 263 g/mol. The average molecular weight is 273 g/mol. The molecule has 1 aliphatic rings. The van der Waals surface area contributed by atoms with Crippen LogP contribution in [-0.2, 0) is 9.53 Å². The predicted molar refractivity (Wildman–Crippen MR) is 64.0 cm³/mol. The van der Waals surface area contributed by atoms with Crippen LogP contribution in [0, 0.1) is 5.82 Å². The quantitative estimate of drug-likeness (QED) is 0.810. The summed E-state index contributed by atoms with van der Waals surface area (Å²) in [5, 5.41) is 13.1. The Labute approximate surface area is 107 Å². The number of nitrogens with zero attached hydrogens (tertiary/aromatic N) is 1. The number of carbonyl (C=O) groups is 1. The SMILES string of the molecule is CCOC(=O)C1=CNc2cc(Cl)c(F)cc2N1O. The Morgan fingerprint density at radius 2 is 2.33 bits per heavy atom. The van der Waals surface area contributed by atoms with Crippen molar-refractivity contribution in [2.75, 3.05) is 17.0 Å². The van der Waals surface area contributed by atoms with Gasteiger partial charge >= 0.3 is 5.97 Å². The summed E-state index contributed by atoms with van der Waals surface area (Å²) in [4.78, 5) is 11.5. The second kappa shape index (κ2) is 4.83. The molecule has 1 aromatic carbocycles. The van der Waals surface area contributed by atoms with E-state index in [9.17, 15) is 14.4 Å². The zero-order valence-corrected chi connectivity index (χ0v) is 10.2. The Hall–Kier alpha value is -1.79. The molecule has 0 aromatic heterocycles. The van der Waals surface area contributed by atoms with Crippen LogP contribution in [0.3, 0.4) is 0 Å². The second-order valence-corrected chi connectivity index (χ2v) is 3.90. The van der Waals surface area contributed by atoms with Crippen molar-refractivity contribution in [3.63, 3.8) is 0 Å². The zero-order valence-electron chi connectivity index (χ0n) is 9.41. The van der Waals surface area contributed by atoms with Crippen molar-refractivity contribution in [1.29, 1.82) is 0 Å². The van der Waals surface area contributed by atoms with Crippen LogP contribution in [0.15, 0.2) is 24.0 Å². The minimum absolute atomic E-state index is 0.0809. The van der Waals surface area contributed by atoms with E-state index in [0.717, 1.165) is 6.07 Å². The molecule has 1 heterocycles. The molecular formula is C11H10ClFN2O3. The molecule has 0 saturated carbocycles. The van der Waals surface area contributed by atoms with E-state index >= 15 is 0 Å². The predicted octanol–water partition coefficient (Wildman–Crippen LogP) is 2.50. The molecule has 18 heavy (non-hydrogen) atoms. The van der Waals surface area contributed by atoms with Gasteiger partial charge in [0.15, 0.2) is 5.70 Å². The largest absolute Gasteiger partial charge is 0.461 e. The molecule has 1 aromatic rings. The van der Waals surface area contributed by atoms with Gasteiger partial charge in [0.25, 0.3) is 0 Å². The fraction of sp³-hybridized carbons (Fsp3) is 0.182. The summed E-state index contributed by atoms with van der Waals surface area (Å²) in [6.45, 7) is 1.82. The first-order valence-corrected chi connectivity index (χ1v) is 5.54. The summed E-state index contributed by atoms with van der Waals surface area (Å²) < 4.78 is 18.1. The Morgan fingerprint density at radius 1 is 1.61 bits per heavy atom. The van der Waals surface area contributed by atoms with Crippen LogP contribution < -0.4 is 10.4 Å². The molecule has 7 heteroatoms. The number of nitrogens with one attached hydrogen (secondary N) is 1. The highest BCUT2D eigenvalue weighted by Crippen LogP contribution is 2.35. The number of esters is 1. The molecule has 0 unspecified atom stereocenters. The maximum atomic E-state index is 13.3. The lowest BCUT2D eigenvalue weighted by Gasteiger charge is -2.26. The molecule has 2 N–H and O–H groups in total. The minimum Gasteiger partial charge on any atom is -0.461 e. The average Bonchev–Trinajstić information content (AvgIpc) is 2.32. The number of benzene rings is 1. The molecule has 1 aliphatic heterocycles. The van der Waals surface area contributed by atoms with Crippen molar-refractivity contribution >= 4 is 28.9 Å². The van der Waals surface area contributed by atoms with Crippen LogP contribution in [0.4, 0.5) is 15.8 Å². The Kier molecular flexibility index (Phi) is 3.40. The second-order valence-electron chi connectivity index (χ2n) is 3.49. The summed E-state index contributed by atoms with van der Waals surface area (Å²) in [7, 11) is 0. The fourth-order valence-corrected chi connectivity index (χ4v) is 1.68. The van der Waals surface area contributed by atoms with Gasteiger partial charge in [-0.25, -0.2) is 14.2 Å². The molecule has 0 radical (unpaired) electrons. The molecule has 0 amide bonds. The number of ether oxygens (including phenoxy) is 1. The van der Waals surface area contributed by atoms with Crippen LogP contribution in [0.5, 0.6) is 0 Å². The number of rotatable bonds is 2. The lowest BCUT2D eigenvalue weighted by molar-refractivity contribution is -0.139. The third-order valence-corrected chi connectivity index (χ3v) is 2.63. The van der Waals surface area contributed by atoms with E-state index in [1.165, 1.54) is 12.3 Å². The molecule has 0 saturated heterocycles. The topological polar surface area (TPSA) is 61.8 Å². The van der Waals surface area contributed by atoms with Crippen LogP contribution in [0.2, 0.25) is 5.02 Å². The van der Waals surface area contributed by atoms with E-state index in [-0.39, 0.29) is 23.0 Å². The van der Waals surface area contributed by atoms with Crippen LogP contribution in [0.1, 0.15) is 6.92 Å². The minimum atomic E-state index is -0.714. The Balaban J connectivity index is 2.36. The van der Waals surface area contributed by atoms with Crippen molar-refractivity contribution in [2.45, 2.75) is 6.92 Å². The number of hydroxylamine groups is 1. The van der Waals surface area contributed by atoms with Gasteiger partial charge in [-0.1, -0.05) is 11.6 Å². The molecule has 0 atom stereocenters. The summed E-state index contributed by atoms with van der Waals surface area (Å²) in [5.74, 6) is -1.41. The summed E-state index contributed by atoms with van der Waals surface area (Å²) in [6.07, 6.45) is 1.26. The van der Waals surface area contributed by atoms with Crippen molar-refractivity contribution in [1.82, 2.24) is 0 Å². The van der Waals surface area contributed by atoms with Crippen LogP contribution in [0.25, 0.3) is 0 Å². The summed E-state index contributed by atoms with van der Waals surface area (Å²) >= 11 is 5.61. The maximum absolute atomic E-state index is 13.3. The van der Waals surface area contributed by atoms with Gasteiger partial charge in [0.2, 0.25) is 0 Å². The van der Waals surface area contributed by atoms with Gasteiger partial charge in [-0.2, -0.15) is 0 Å². The van der Waals surface area contributed by atoms with E-state index in [1.54, 1.807) is 6.92 Å². The van der Waals surface area contributed by atoms with E-state index in [2.05, 4.69) is 5.32 Å². The van der Waals surface area contributed by atoms with Gasteiger partial charge in [-0.3, -0.25) is 5.21 Å². The number of halogens is 2. The first-order valence-electron chi connectivity index (χ1n) is 5.16. The van der Waals surface area contributed by atoms with Crippen LogP contribution >= 0.6 is 11.6 Å². The van der Waals surface area contributed by atoms with Crippen LogP contribution in [-0.4, -0.2) is 17.8 Å². The molecule has 0 spiro atoms. The monoisotopic (exact) mass is 272 g/mol. The lowest BCUT2D eigenvalue weighted by Crippen LogP contribution is -2.29. The van der Waals surface area contributed by atoms with Gasteiger partial charge in [0, 0.05) is 12.3 Å². The number of anilines is 2. The molecule has 5 nitrogen and oxygen atoms in total. The summed E-state index contributed by atoms with van der Waals surface area (Å²) in [5.41, 5.74) is 0.338. The number of hydrogen-bond acceptors (Lipinski definition) is 5. The third-order valence-electron chi connectivity index (χ3n) is 2.34. The first kappa shape index (κ1) is 12.7. The number of carbonyl (C=O) groups excluding carboxylic acids is 1. The van der Waals surface area contributed by atoms with Gasteiger partial charge in [-0.05, 0) is 13.0 Å². The van der Waals surface area contributed by atoms with Gasteiger partial charge in [-0.15, -0.1) is 0 Å². The van der Waals surface area contributed by atoms with E-state index < -0.39 is 11.8 Å². The van der Waals surface area contributed by atoms with Gasteiger partial charge in [0.05, 0.1) is 23.0 Å². The molecule has 96 valence electrons. The normalized spacial score (nSPS) is 13.6. The molecule has 0 aliphatic carbocycles. The van der Waals surface area contributed by atoms with E-state index in [4.69, 9.17) is 16.3 Å². The zero-order chi connectivity index (χ0) is 13.3. The van der Waals surface area contributed by atoms with Crippen molar-refractivity contribution in [2.24, 2.45) is 0 Å². The first-order chi connectivity index (χ1) is 8.54. The highest BCUT2D eigenvalue weighted by molar-refractivity contribution is 6.31. The van der Waals surface area contributed by atoms with E-state index in [1.807, 2.05) is 0 Å². The smallest absolute Gasteiger partial charge is 0.358 e. The van der Waals surface area contributed by atoms with Crippen molar-refractivity contribution in [3.8, 4) is 0 Å². The summed E-state index contributed by atoms with van der Waals surface area (Å²) in [6, 6.07) is 2.34. The standard InChI is InChI=1S/C11H10ClFN2O3/c1-2-18-11(16)10-5-14-8-3-6(12)7(13)4-9(8)15(10)17/h3-5,14,17H,2H2,1H3. The highest BCUT2D eigenvalue weighted by Gasteiger charge is 2.26.